The fourth-order valence-corrected chi connectivity index (χ4v) is 3.01. The molecule has 128 valence electrons. The van der Waals surface area contributed by atoms with Crippen LogP contribution in [0.15, 0.2) is 24.3 Å². The van der Waals surface area contributed by atoms with Gasteiger partial charge in [0.15, 0.2) is 0 Å². The van der Waals surface area contributed by atoms with Crippen molar-refractivity contribution < 1.29 is 19.1 Å². The zero-order valence-electron chi connectivity index (χ0n) is 13.7. The third-order valence-corrected chi connectivity index (χ3v) is 4.46. The minimum absolute atomic E-state index is 0.133. The molecule has 2 aliphatic rings. The van der Waals surface area contributed by atoms with Gasteiger partial charge in [0.2, 0.25) is 0 Å². The highest BCUT2D eigenvalue weighted by atomic mass is 16.5. The minimum atomic E-state index is -0.768. The molecule has 0 aromatic heterocycles. The van der Waals surface area contributed by atoms with E-state index in [-0.39, 0.29) is 12.6 Å². The summed E-state index contributed by atoms with van der Waals surface area (Å²) in [6.07, 6.45) is 0.582. The summed E-state index contributed by atoms with van der Waals surface area (Å²) in [6.45, 7) is 3.70. The predicted molar refractivity (Wildman–Crippen MR) is 86.1 cm³/mol. The van der Waals surface area contributed by atoms with E-state index in [1.54, 1.807) is 6.92 Å². The molecule has 7 heteroatoms. The van der Waals surface area contributed by atoms with Crippen molar-refractivity contribution >= 4 is 17.8 Å². The zero-order chi connectivity index (χ0) is 17.1. The van der Waals surface area contributed by atoms with E-state index < -0.39 is 17.8 Å². The van der Waals surface area contributed by atoms with Gasteiger partial charge in [-0.25, -0.2) is 4.79 Å². The number of imide groups is 1. The van der Waals surface area contributed by atoms with Crippen molar-refractivity contribution in [1.82, 2.24) is 15.1 Å². The average molecular weight is 331 g/mol. The van der Waals surface area contributed by atoms with Crippen LogP contribution in [-0.2, 0) is 27.4 Å². The Morgan fingerprint density at radius 1 is 1.21 bits per heavy atom. The zero-order valence-corrected chi connectivity index (χ0v) is 13.7. The number of hydrogen-bond acceptors (Lipinski definition) is 4. The first kappa shape index (κ1) is 16.4. The molecule has 7 nitrogen and oxygen atoms in total. The molecule has 1 aromatic rings. The highest BCUT2D eigenvalue weighted by molar-refractivity contribution is 6.38. The molecule has 1 saturated heterocycles. The van der Waals surface area contributed by atoms with Crippen molar-refractivity contribution in [2.24, 2.45) is 0 Å². The lowest BCUT2D eigenvalue weighted by Gasteiger charge is -2.32. The number of piperazine rings is 1. The molecule has 0 spiro atoms. The van der Waals surface area contributed by atoms with Gasteiger partial charge >= 0.3 is 17.8 Å². The topological polar surface area (TPSA) is 79.0 Å². The van der Waals surface area contributed by atoms with Crippen LogP contribution < -0.4 is 5.32 Å². The number of urea groups is 1. The number of ether oxygens (including phenoxy) is 1. The quantitative estimate of drug-likeness (QED) is 0.820. The lowest BCUT2D eigenvalue weighted by molar-refractivity contribution is -0.153. The SMILES string of the molecule is CCN1CCN(C(=O)NCC2Cc3ccccc3CO2)C(=O)C1=O. The maximum absolute atomic E-state index is 12.2. The van der Waals surface area contributed by atoms with Gasteiger partial charge in [0.05, 0.1) is 12.7 Å². The van der Waals surface area contributed by atoms with E-state index in [1.165, 1.54) is 10.5 Å². The normalized spacial score (nSPS) is 20.8. The molecule has 0 bridgehead atoms. The number of amides is 4. The smallest absolute Gasteiger partial charge is 0.324 e. The Hall–Kier alpha value is -2.41. The fourth-order valence-electron chi connectivity index (χ4n) is 3.01. The molecule has 1 fully saturated rings. The van der Waals surface area contributed by atoms with Gasteiger partial charge in [-0.3, -0.25) is 14.5 Å². The Morgan fingerprint density at radius 3 is 2.71 bits per heavy atom. The summed E-state index contributed by atoms with van der Waals surface area (Å²) in [5, 5.41) is 2.71. The van der Waals surface area contributed by atoms with Crippen LogP contribution in [0, 0.1) is 0 Å². The summed E-state index contributed by atoms with van der Waals surface area (Å²) in [7, 11) is 0. The van der Waals surface area contributed by atoms with Gasteiger partial charge in [0, 0.05) is 32.6 Å². The molecular formula is C17H21N3O4. The van der Waals surface area contributed by atoms with Gasteiger partial charge in [-0.15, -0.1) is 0 Å². The third-order valence-electron chi connectivity index (χ3n) is 4.46. The summed E-state index contributed by atoms with van der Waals surface area (Å²) >= 11 is 0. The maximum Gasteiger partial charge on any atom is 0.324 e. The van der Waals surface area contributed by atoms with Crippen LogP contribution in [0.4, 0.5) is 4.79 Å². The van der Waals surface area contributed by atoms with Crippen molar-refractivity contribution in [2.45, 2.75) is 26.1 Å². The molecule has 0 radical (unpaired) electrons. The summed E-state index contributed by atoms with van der Waals surface area (Å²) in [5.41, 5.74) is 2.38. The predicted octanol–water partition coefficient (Wildman–Crippen LogP) is 0.528. The molecule has 4 amide bonds. The largest absolute Gasteiger partial charge is 0.371 e. The molecule has 3 rings (SSSR count). The molecule has 2 aliphatic heterocycles. The van der Waals surface area contributed by atoms with E-state index in [0.717, 1.165) is 10.5 Å². The van der Waals surface area contributed by atoms with Crippen molar-refractivity contribution in [3.8, 4) is 0 Å². The average Bonchev–Trinajstić information content (AvgIpc) is 2.61. The molecule has 1 aromatic carbocycles. The van der Waals surface area contributed by atoms with Crippen LogP contribution in [0.2, 0.25) is 0 Å². The maximum atomic E-state index is 12.2. The Balaban J connectivity index is 1.53. The van der Waals surface area contributed by atoms with Gasteiger partial charge in [-0.05, 0) is 18.1 Å². The molecule has 1 N–H and O–H groups in total. The van der Waals surface area contributed by atoms with Crippen LogP contribution in [0.25, 0.3) is 0 Å². The molecule has 1 unspecified atom stereocenters. The number of carbonyl (C=O) groups is 3. The second-order valence-electron chi connectivity index (χ2n) is 5.93. The van der Waals surface area contributed by atoms with Crippen LogP contribution in [0.3, 0.4) is 0 Å². The van der Waals surface area contributed by atoms with E-state index in [0.29, 0.717) is 32.7 Å². The van der Waals surface area contributed by atoms with Crippen LogP contribution in [0.5, 0.6) is 0 Å². The number of nitrogens with zero attached hydrogens (tertiary/aromatic N) is 2. The monoisotopic (exact) mass is 331 g/mol. The van der Waals surface area contributed by atoms with E-state index in [1.807, 2.05) is 18.2 Å². The van der Waals surface area contributed by atoms with Gasteiger partial charge in [0.1, 0.15) is 0 Å². The number of benzene rings is 1. The first-order valence-electron chi connectivity index (χ1n) is 8.17. The molecule has 2 heterocycles. The summed E-state index contributed by atoms with van der Waals surface area (Å²) < 4.78 is 5.73. The summed E-state index contributed by atoms with van der Waals surface area (Å²) in [4.78, 5) is 38.5. The number of hydrogen-bond donors (Lipinski definition) is 1. The fraction of sp³-hybridized carbons (Fsp3) is 0.471. The number of nitrogens with one attached hydrogen (secondary N) is 1. The van der Waals surface area contributed by atoms with E-state index in [9.17, 15) is 14.4 Å². The number of carbonyl (C=O) groups excluding carboxylic acids is 3. The summed E-state index contributed by atoms with van der Waals surface area (Å²) in [6, 6.07) is 7.51. The summed E-state index contributed by atoms with van der Waals surface area (Å²) in [5.74, 6) is -1.39. The van der Waals surface area contributed by atoms with Crippen LogP contribution in [-0.4, -0.2) is 59.9 Å². The van der Waals surface area contributed by atoms with Gasteiger partial charge in [0.25, 0.3) is 0 Å². The van der Waals surface area contributed by atoms with Crippen molar-refractivity contribution in [3.05, 3.63) is 35.4 Å². The van der Waals surface area contributed by atoms with Gasteiger partial charge in [-0.2, -0.15) is 0 Å². The van der Waals surface area contributed by atoms with Crippen molar-refractivity contribution in [3.63, 3.8) is 0 Å². The molecule has 0 saturated carbocycles. The number of fused-ring (bicyclic) bond motifs is 1. The van der Waals surface area contributed by atoms with Crippen LogP contribution >= 0.6 is 0 Å². The lowest BCUT2D eigenvalue weighted by atomic mass is 9.99. The Bertz CT molecular complexity index is 661. The first-order chi connectivity index (χ1) is 11.6. The first-order valence-corrected chi connectivity index (χ1v) is 8.17. The highest BCUT2D eigenvalue weighted by Gasteiger charge is 2.35. The van der Waals surface area contributed by atoms with Gasteiger partial charge < -0.3 is 15.0 Å². The molecule has 0 aliphatic carbocycles. The highest BCUT2D eigenvalue weighted by Crippen LogP contribution is 2.19. The standard InChI is InChI=1S/C17H21N3O4/c1-2-19-7-8-20(16(22)15(19)21)17(23)18-10-14-9-12-5-3-4-6-13(12)11-24-14/h3-6,14H,2,7-11H2,1H3,(H,18,23). The minimum Gasteiger partial charge on any atom is -0.371 e. The van der Waals surface area contributed by atoms with Crippen molar-refractivity contribution in [1.29, 1.82) is 0 Å². The second kappa shape index (κ2) is 7.00. The Labute approximate surface area is 140 Å². The van der Waals surface area contributed by atoms with Gasteiger partial charge in [-0.1, -0.05) is 24.3 Å². The Kier molecular flexibility index (Phi) is 4.80. The third kappa shape index (κ3) is 3.26. The molecule has 1 atom stereocenters. The lowest BCUT2D eigenvalue weighted by Crippen LogP contribution is -2.58. The van der Waals surface area contributed by atoms with Crippen molar-refractivity contribution in [2.75, 3.05) is 26.2 Å². The number of likely N-dealkylation sites (N-methyl/N-ethyl adjacent to an activating group) is 1. The van der Waals surface area contributed by atoms with Crippen LogP contribution in [0.1, 0.15) is 18.1 Å². The van der Waals surface area contributed by atoms with E-state index in [4.69, 9.17) is 4.74 Å². The second-order valence-corrected chi connectivity index (χ2v) is 5.93. The molecule has 24 heavy (non-hydrogen) atoms. The van der Waals surface area contributed by atoms with E-state index in [2.05, 4.69) is 11.4 Å². The van der Waals surface area contributed by atoms with E-state index >= 15 is 0 Å². The Morgan fingerprint density at radius 2 is 1.96 bits per heavy atom. The number of rotatable bonds is 3. The molecular weight excluding hydrogens is 310 g/mol.